The molecule has 0 aliphatic rings. The Bertz CT molecular complexity index is 957. The van der Waals surface area contributed by atoms with Gasteiger partial charge in [-0.3, -0.25) is 4.79 Å². The van der Waals surface area contributed by atoms with Gasteiger partial charge in [-0.2, -0.15) is 0 Å². The molecule has 0 atom stereocenters. The number of amides is 1. The number of hydrogen-bond donors (Lipinski definition) is 2. The molecule has 146 valence electrons. The summed E-state index contributed by atoms with van der Waals surface area (Å²) in [5.74, 6) is 2.28. The molecule has 0 radical (unpaired) electrons. The van der Waals surface area contributed by atoms with Crippen molar-refractivity contribution in [3.63, 3.8) is 0 Å². The first-order valence-corrected chi connectivity index (χ1v) is 8.61. The first-order chi connectivity index (χ1) is 13.6. The quantitative estimate of drug-likeness (QED) is 0.611. The van der Waals surface area contributed by atoms with E-state index in [2.05, 4.69) is 25.8 Å². The van der Waals surface area contributed by atoms with Crippen molar-refractivity contribution < 1.29 is 18.8 Å². The maximum atomic E-state index is 12.3. The Morgan fingerprint density at radius 3 is 2.68 bits per heavy atom. The highest BCUT2D eigenvalue weighted by molar-refractivity contribution is 6.02. The molecule has 0 aliphatic heterocycles. The van der Waals surface area contributed by atoms with E-state index in [-0.39, 0.29) is 5.69 Å². The van der Waals surface area contributed by atoms with Crippen LogP contribution in [0.2, 0.25) is 0 Å². The topological polar surface area (TPSA) is 111 Å². The Hall–Kier alpha value is -3.62. The second-order valence-electron chi connectivity index (χ2n) is 5.91. The van der Waals surface area contributed by atoms with Crippen molar-refractivity contribution in [2.24, 2.45) is 0 Å². The Morgan fingerprint density at radius 1 is 1.14 bits per heavy atom. The van der Waals surface area contributed by atoms with Crippen LogP contribution in [0.3, 0.4) is 0 Å². The summed E-state index contributed by atoms with van der Waals surface area (Å²) in [7, 11) is 3.20. The van der Waals surface area contributed by atoms with Gasteiger partial charge in [0.1, 0.15) is 11.5 Å². The monoisotopic (exact) mass is 383 g/mol. The van der Waals surface area contributed by atoms with Gasteiger partial charge in [0, 0.05) is 18.8 Å². The average Bonchev–Trinajstić information content (AvgIpc) is 3.12. The van der Waals surface area contributed by atoms with Crippen LogP contribution in [0.15, 0.2) is 41.1 Å². The molecule has 9 heteroatoms. The number of aryl methyl sites for hydroxylation is 1. The Labute approximate surface area is 162 Å². The highest BCUT2D eigenvalue weighted by Crippen LogP contribution is 2.27. The largest absolute Gasteiger partial charge is 0.493 e. The molecule has 2 N–H and O–H groups in total. The molecular weight excluding hydrogens is 362 g/mol. The molecule has 0 fully saturated rings. The lowest BCUT2D eigenvalue weighted by Gasteiger charge is -2.10. The molecule has 0 bridgehead atoms. The normalized spacial score (nSPS) is 10.4. The third kappa shape index (κ3) is 4.76. The van der Waals surface area contributed by atoms with Gasteiger partial charge in [-0.15, -0.1) is 0 Å². The summed E-state index contributed by atoms with van der Waals surface area (Å²) in [6.45, 7) is 2.33. The number of ether oxygens (including phenoxy) is 2. The van der Waals surface area contributed by atoms with Crippen LogP contribution in [-0.4, -0.2) is 41.8 Å². The minimum absolute atomic E-state index is 0.226. The third-order valence-corrected chi connectivity index (χ3v) is 3.90. The molecule has 0 aliphatic carbocycles. The maximum Gasteiger partial charge on any atom is 0.275 e. The number of carbonyl (C=O) groups is 1. The zero-order valence-electron chi connectivity index (χ0n) is 15.9. The fraction of sp³-hybridized carbons (Fsp3) is 0.263. The summed E-state index contributed by atoms with van der Waals surface area (Å²) in [6, 6.07) is 8.91. The van der Waals surface area contributed by atoms with Gasteiger partial charge >= 0.3 is 0 Å². The van der Waals surface area contributed by atoms with Crippen molar-refractivity contribution in [1.29, 1.82) is 0 Å². The van der Waals surface area contributed by atoms with E-state index in [1.807, 2.05) is 18.2 Å². The first kappa shape index (κ1) is 19.2. The van der Waals surface area contributed by atoms with Crippen molar-refractivity contribution in [3.05, 3.63) is 53.5 Å². The smallest absolute Gasteiger partial charge is 0.275 e. The SMILES string of the molecule is COc1ccc(CCNc2nccc(C(=O)Nc3cc(C)on3)n2)cc1OC. The van der Waals surface area contributed by atoms with Crippen LogP contribution in [0.4, 0.5) is 11.8 Å². The molecule has 2 aromatic heterocycles. The number of methoxy groups -OCH3 is 2. The standard InChI is InChI=1S/C19H21N5O4/c1-12-10-17(24-28-12)23-18(25)14-7-9-21-19(22-14)20-8-6-13-4-5-15(26-2)16(11-13)27-3/h4-5,7,9-11H,6,8H2,1-3H3,(H,20,21,22)(H,23,24,25). The van der Waals surface area contributed by atoms with Gasteiger partial charge < -0.3 is 24.6 Å². The molecule has 0 spiro atoms. The van der Waals surface area contributed by atoms with Crippen molar-refractivity contribution in [2.75, 3.05) is 31.4 Å². The van der Waals surface area contributed by atoms with Crippen molar-refractivity contribution in [2.45, 2.75) is 13.3 Å². The molecule has 0 saturated heterocycles. The van der Waals surface area contributed by atoms with Gasteiger partial charge in [0.05, 0.1) is 14.2 Å². The number of nitrogens with zero attached hydrogens (tertiary/aromatic N) is 3. The van der Waals surface area contributed by atoms with Crippen LogP contribution in [0.25, 0.3) is 0 Å². The van der Waals surface area contributed by atoms with Crippen LogP contribution in [0, 0.1) is 6.92 Å². The summed E-state index contributed by atoms with van der Waals surface area (Å²) >= 11 is 0. The molecular formula is C19H21N5O4. The van der Waals surface area contributed by atoms with E-state index >= 15 is 0 Å². The van der Waals surface area contributed by atoms with E-state index in [9.17, 15) is 4.79 Å². The molecule has 1 aromatic carbocycles. The molecule has 0 unspecified atom stereocenters. The van der Waals surface area contributed by atoms with Crippen molar-refractivity contribution in [3.8, 4) is 11.5 Å². The third-order valence-electron chi connectivity index (χ3n) is 3.90. The van der Waals surface area contributed by atoms with E-state index in [1.165, 1.54) is 12.3 Å². The highest BCUT2D eigenvalue weighted by Gasteiger charge is 2.11. The van der Waals surface area contributed by atoms with E-state index in [1.54, 1.807) is 27.2 Å². The fourth-order valence-electron chi connectivity index (χ4n) is 2.53. The van der Waals surface area contributed by atoms with Crippen LogP contribution in [-0.2, 0) is 6.42 Å². The summed E-state index contributed by atoms with van der Waals surface area (Å²) < 4.78 is 15.5. The molecule has 2 heterocycles. The van der Waals surface area contributed by atoms with E-state index in [0.29, 0.717) is 35.6 Å². The van der Waals surface area contributed by atoms with E-state index < -0.39 is 5.91 Å². The zero-order chi connectivity index (χ0) is 19.9. The summed E-state index contributed by atoms with van der Waals surface area (Å²) in [6.07, 6.45) is 2.24. The van der Waals surface area contributed by atoms with Crippen LogP contribution in [0.5, 0.6) is 11.5 Å². The number of carbonyl (C=O) groups excluding carboxylic acids is 1. The van der Waals surface area contributed by atoms with Gasteiger partial charge in [0.25, 0.3) is 5.91 Å². The first-order valence-electron chi connectivity index (χ1n) is 8.61. The summed E-state index contributed by atoms with van der Waals surface area (Å²) in [4.78, 5) is 20.6. The molecule has 3 aromatic rings. The predicted octanol–water partition coefficient (Wildman–Crippen LogP) is 2.70. The lowest BCUT2D eigenvalue weighted by atomic mass is 10.1. The molecule has 0 saturated carbocycles. The Kier molecular flexibility index (Phi) is 6.05. The molecule has 3 rings (SSSR count). The zero-order valence-corrected chi connectivity index (χ0v) is 15.9. The average molecular weight is 383 g/mol. The second kappa shape index (κ2) is 8.85. The minimum atomic E-state index is -0.390. The molecule has 9 nitrogen and oxygen atoms in total. The molecule has 28 heavy (non-hydrogen) atoms. The van der Waals surface area contributed by atoms with Crippen molar-refractivity contribution >= 4 is 17.7 Å². The number of aromatic nitrogens is 3. The predicted molar refractivity (Wildman–Crippen MR) is 103 cm³/mol. The number of anilines is 2. The Balaban J connectivity index is 1.58. The molecule has 1 amide bonds. The number of benzene rings is 1. The van der Waals surface area contributed by atoms with Crippen LogP contribution in [0.1, 0.15) is 21.8 Å². The van der Waals surface area contributed by atoms with Gasteiger partial charge in [-0.1, -0.05) is 11.2 Å². The Morgan fingerprint density at radius 2 is 1.96 bits per heavy atom. The second-order valence-corrected chi connectivity index (χ2v) is 5.91. The van der Waals surface area contributed by atoms with Crippen LogP contribution < -0.4 is 20.1 Å². The van der Waals surface area contributed by atoms with Gasteiger partial charge in [-0.25, -0.2) is 9.97 Å². The summed E-state index contributed by atoms with van der Waals surface area (Å²) in [5.41, 5.74) is 1.30. The fourth-order valence-corrected chi connectivity index (χ4v) is 2.53. The van der Waals surface area contributed by atoms with Crippen molar-refractivity contribution in [1.82, 2.24) is 15.1 Å². The number of hydrogen-bond acceptors (Lipinski definition) is 8. The van der Waals surface area contributed by atoms with E-state index in [4.69, 9.17) is 14.0 Å². The lowest BCUT2D eigenvalue weighted by molar-refractivity contribution is 0.102. The minimum Gasteiger partial charge on any atom is -0.493 e. The highest BCUT2D eigenvalue weighted by atomic mass is 16.5. The van der Waals surface area contributed by atoms with E-state index in [0.717, 1.165) is 12.0 Å². The lowest BCUT2D eigenvalue weighted by Crippen LogP contribution is -2.16. The maximum absolute atomic E-state index is 12.3. The summed E-state index contributed by atoms with van der Waals surface area (Å²) in [5, 5.41) is 9.47. The van der Waals surface area contributed by atoms with Gasteiger partial charge in [-0.05, 0) is 37.1 Å². The van der Waals surface area contributed by atoms with Gasteiger partial charge in [0.15, 0.2) is 17.3 Å². The number of nitrogens with one attached hydrogen (secondary N) is 2. The number of rotatable bonds is 8. The van der Waals surface area contributed by atoms with Gasteiger partial charge in [0.2, 0.25) is 5.95 Å². The van der Waals surface area contributed by atoms with Crippen LogP contribution >= 0.6 is 0 Å².